The second kappa shape index (κ2) is 6.72. The molecule has 0 atom stereocenters. The predicted molar refractivity (Wildman–Crippen MR) is 93.4 cm³/mol. The number of nitrogens with zero attached hydrogens (tertiary/aromatic N) is 3. The first-order valence-corrected chi connectivity index (χ1v) is 8.99. The normalized spacial score (nSPS) is 16.5. The van der Waals surface area contributed by atoms with Gasteiger partial charge in [-0.2, -0.15) is 5.10 Å². The van der Waals surface area contributed by atoms with Gasteiger partial charge in [0.25, 0.3) is 11.8 Å². The molecule has 4 rings (SSSR count). The summed E-state index contributed by atoms with van der Waals surface area (Å²) >= 11 is 6.06. The topological polar surface area (TPSA) is 67.2 Å². The molecule has 2 heterocycles. The van der Waals surface area contributed by atoms with Crippen LogP contribution in [0.15, 0.2) is 24.3 Å². The first kappa shape index (κ1) is 17.0. The average Bonchev–Trinajstić information content (AvgIpc) is 3.34. The van der Waals surface area contributed by atoms with Crippen LogP contribution in [0.4, 0.5) is 4.39 Å². The molecule has 0 saturated heterocycles. The third-order valence-electron chi connectivity index (χ3n) is 4.76. The molecule has 0 bridgehead atoms. The maximum Gasteiger partial charge on any atom is 0.272 e. The lowest BCUT2D eigenvalue weighted by molar-refractivity contribution is 0.0681. The Hall–Kier alpha value is -2.41. The summed E-state index contributed by atoms with van der Waals surface area (Å²) in [5.41, 5.74) is 0.859. The quantitative estimate of drug-likeness (QED) is 0.871. The van der Waals surface area contributed by atoms with Crippen molar-refractivity contribution in [1.82, 2.24) is 20.0 Å². The summed E-state index contributed by atoms with van der Waals surface area (Å²) in [6.07, 6.45) is 2.29. The largest absolute Gasteiger partial charge is 0.350 e. The lowest BCUT2D eigenvalue weighted by Gasteiger charge is -2.27. The van der Waals surface area contributed by atoms with Gasteiger partial charge in [0.2, 0.25) is 0 Å². The zero-order valence-corrected chi connectivity index (χ0v) is 14.8. The SMILES string of the molecule is O=C(NCC1CC1)c1cc2n(n1)CCN(Cc1c(F)cccc1Cl)C2=O. The van der Waals surface area contributed by atoms with Gasteiger partial charge >= 0.3 is 0 Å². The van der Waals surface area contributed by atoms with Crippen molar-refractivity contribution in [3.8, 4) is 0 Å². The van der Waals surface area contributed by atoms with E-state index in [1.54, 1.807) is 6.07 Å². The summed E-state index contributed by atoms with van der Waals surface area (Å²) in [5.74, 6) is -0.428. The minimum absolute atomic E-state index is 0.0821. The second-order valence-corrected chi connectivity index (χ2v) is 7.13. The molecule has 26 heavy (non-hydrogen) atoms. The van der Waals surface area contributed by atoms with Crippen LogP contribution in [0.5, 0.6) is 0 Å². The van der Waals surface area contributed by atoms with Gasteiger partial charge in [0, 0.05) is 29.7 Å². The van der Waals surface area contributed by atoms with Crippen LogP contribution in [-0.2, 0) is 13.1 Å². The number of benzene rings is 1. The highest BCUT2D eigenvalue weighted by Gasteiger charge is 2.29. The van der Waals surface area contributed by atoms with Crippen molar-refractivity contribution >= 4 is 23.4 Å². The molecule has 2 amide bonds. The monoisotopic (exact) mass is 376 g/mol. The number of nitrogens with one attached hydrogen (secondary N) is 1. The predicted octanol–water partition coefficient (Wildman–Crippen LogP) is 2.47. The highest BCUT2D eigenvalue weighted by Crippen LogP contribution is 2.27. The van der Waals surface area contributed by atoms with Gasteiger partial charge in [0.15, 0.2) is 5.69 Å². The van der Waals surface area contributed by atoms with Crippen LogP contribution in [-0.4, -0.2) is 39.6 Å². The van der Waals surface area contributed by atoms with Crippen molar-refractivity contribution in [2.24, 2.45) is 5.92 Å². The molecular weight excluding hydrogens is 359 g/mol. The molecule has 0 radical (unpaired) electrons. The highest BCUT2D eigenvalue weighted by atomic mass is 35.5. The van der Waals surface area contributed by atoms with Crippen LogP contribution >= 0.6 is 11.6 Å². The Labute approximate surface area is 154 Å². The van der Waals surface area contributed by atoms with Crippen molar-refractivity contribution in [2.75, 3.05) is 13.1 Å². The van der Waals surface area contributed by atoms with Crippen LogP contribution < -0.4 is 5.32 Å². The van der Waals surface area contributed by atoms with E-state index >= 15 is 0 Å². The number of amides is 2. The molecule has 2 aromatic rings. The minimum Gasteiger partial charge on any atom is -0.350 e. The Kier molecular flexibility index (Phi) is 4.40. The summed E-state index contributed by atoms with van der Waals surface area (Å²) in [4.78, 5) is 26.4. The lowest BCUT2D eigenvalue weighted by Crippen LogP contribution is -2.40. The summed E-state index contributed by atoms with van der Waals surface area (Å²) in [6, 6.07) is 5.95. The van der Waals surface area contributed by atoms with E-state index in [0.29, 0.717) is 31.2 Å². The molecule has 1 fully saturated rings. The van der Waals surface area contributed by atoms with E-state index in [2.05, 4.69) is 10.4 Å². The maximum atomic E-state index is 14.0. The molecule has 2 aliphatic rings. The molecule has 1 aliphatic heterocycles. The van der Waals surface area contributed by atoms with Gasteiger partial charge in [-0.1, -0.05) is 17.7 Å². The standard InChI is InChI=1S/C18H18ClFN4O2/c19-13-2-1-3-14(20)12(13)10-23-6-7-24-16(18(23)26)8-15(22-24)17(25)21-9-11-4-5-11/h1-3,8,11H,4-7,9-10H2,(H,21,25). The van der Waals surface area contributed by atoms with Gasteiger partial charge < -0.3 is 10.2 Å². The Bertz CT molecular complexity index is 858. The van der Waals surface area contributed by atoms with Crippen molar-refractivity contribution < 1.29 is 14.0 Å². The molecular formula is C18H18ClFN4O2. The van der Waals surface area contributed by atoms with Gasteiger partial charge in [0.05, 0.1) is 13.1 Å². The number of fused-ring (bicyclic) bond motifs is 1. The number of halogens is 2. The molecule has 1 aromatic heterocycles. The van der Waals surface area contributed by atoms with Crippen molar-refractivity contribution in [2.45, 2.75) is 25.9 Å². The summed E-state index contributed by atoms with van der Waals surface area (Å²) in [7, 11) is 0. The fourth-order valence-corrected chi connectivity index (χ4v) is 3.25. The molecule has 0 unspecified atom stereocenters. The molecule has 1 aromatic carbocycles. The Morgan fingerprint density at radius 2 is 2.15 bits per heavy atom. The molecule has 1 N–H and O–H groups in total. The van der Waals surface area contributed by atoms with Crippen LogP contribution in [0.2, 0.25) is 5.02 Å². The van der Waals surface area contributed by atoms with Crippen LogP contribution in [0.3, 0.4) is 0 Å². The van der Waals surface area contributed by atoms with Crippen LogP contribution in [0, 0.1) is 11.7 Å². The number of hydrogen-bond acceptors (Lipinski definition) is 3. The fourth-order valence-electron chi connectivity index (χ4n) is 3.02. The zero-order valence-electron chi connectivity index (χ0n) is 14.0. The van der Waals surface area contributed by atoms with E-state index in [0.717, 1.165) is 12.8 Å². The zero-order chi connectivity index (χ0) is 18.3. The summed E-state index contributed by atoms with van der Waals surface area (Å²) < 4.78 is 15.5. The Morgan fingerprint density at radius 1 is 1.35 bits per heavy atom. The van der Waals surface area contributed by atoms with Gasteiger partial charge in [-0.25, -0.2) is 4.39 Å². The number of carbonyl (C=O) groups is 2. The third kappa shape index (κ3) is 3.31. The van der Waals surface area contributed by atoms with Crippen LogP contribution in [0.25, 0.3) is 0 Å². The average molecular weight is 377 g/mol. The highest BCUT2D eigenvalue weighted by molar-refractivity contribution is 6.31. The van der Waals surface area contributed by atoms with E-state index in [-0.39, 0.29) is 34.6 Å². The Balaban J connectivity index is 1.50. The molecule has 136 valence electrons. The van der Waals surface area contributed by atoms with E-state index in [1.807, 2.05) is 0 Å². The Morgan fingerprint density at radius 3 is 2.88 bits per heavy atom. The molecule has 1 aliphatic carbocycles. The van der Waals surface area contributed by atoms with Gasteiger partial charge in [0.1, 0.15) is 11.5 Å². The first-order valence-electron chi connectivity index (χ1n) is 8.61. The van der Waals surface area contributed by atoms with E-state index in [1.165, 1.54) is 27.8 Å². The molecule has 0 spiro atoms. The van der Waals surface area contributed by atoms with Gasteiger partial charge in [-0.3, -0.25) is 14.3 Å². The third-order valence-corrected chi connectivity index (χ3v) is 5.11. The molecule has 8 heteroatoms. The molecule has 6 nitrogen and oxygen atoms in total. The minimum atomic E-state index is -0.440. The van der Waals surface area contributed by atoms with Crippen molar-refractivity contribution in [3.63, 3.8) is 0 Å². The van der Waals surface area contributed by atoms with E-state index < -0.39 is 5.82 Å². The summed E-state index contributed by atoms with van der Waals surface area (Å²) in [5, 5.41) is 7.37. The fraction of sp³-hybridized carbons (Fsp3) is 0.389. The summed E-state index contributed by atoms with van der Waals surface area (Å²) in [6.45, 7) is 1.55. The molecule has 1 saturated carbocycles. The lowest BCUT2D eigenvalue weighted by atomic mass is 10.1. The maximum absolute atomic E-state index is 14.0. The van der Waals surface area contributed by atoms with Gasteiger partial charge in [-0.15, -0.1) is 0 Å². The van der Waals surface area contributed by atoms with Gasteiger partial charge in [-0.05, 0) is 30.9 Å². The van der Waals surface area contributed by atoms with Crippen molar-refractivity contribution in [3.05, 3.63) is 52.1 Å². The number of rotatable bonds is 5. The van der Waals surface area contributed by atoms with Crippen molar-refractivity contribution in [1.29, 1.82) is 0 Å². The first-order chi connectivity index (χ1) is 12.5. The smallest absolute Gasteiger partial charge is 0.272 e. The van der Waals surface area contributed by atoms with Crippen LogP contribution in [0.1, 0.15) is 39.4 Å². The van der Waals surface area contributed by atoms with E-state index in [9.17, 15) is 14.0 Å². The second-order valence-electron chi connectivity index (χ2n) is 6.72. The number of carbonyl (C=O) groups excluding carboxylic acids is 2. The number of aromatic nitrogens is 2. The number of hydrogen-bond donors (Lipinski definition) is 1. The van der Waals surface area contributed by atoms with E-state index in [4.69, 9.17) is 11.6 Å².